The van der Waals surface area contributed by atoms with Gasteiger partial charge < -0.3 is 16.0 Å². The maximum atomic E-state index is 12.2. The Balaban J connectivity index is 1.48. The first-order valence-corrected chi connectivity index (χ1v) is 9.32. The SMILES string of the molecule is CC(=O)Nc1cccc([C@@H](C)NC(=O)NCc2ccc(Cn3cncn3)cc2)c1. The molecule has 3 aromatic rings. The lowest BCUT2D eigenvalue weighted by Gasteiger charge is -2.16. The third-order valence-electron chi connectivity index (χ3n) is 4.34. The predicted molar refractivity (Wildman–Crippen MR) is 110 cm³/mol. The molecule has 3 rings (SSSR count). The second kappa shape index (κ2) is 9.50. The van der Waals surface area contributed by atoms with Crippen molar-refractivity contribution in [3.63, 3.8) is 0 Å². The summed E-state index contributed by atoms with van der Waals surface area (Å²) in [5.41, 5.74) is 3.72. The van der Waals surface area contributed by atoms with Gasteiger partial charge in [0, 0.05) is 19.2 Å². The number of hydrogen-bond acceptors (Lipinski definition) is 4. The largest absolute Gasteiger partial charge is 0.334 e. The number of carbonyl (C=O) groups excluding carboxylic acids is 2. The van der Waals surface area contributed by atoms with Crippen molar-refractivity contribution in [2.75, 3.05) is 5.32 Å². The van der Waals surface area contributed by atoms with E-state index < -0.39 is 0 Å². The number of anilines is 1. The molecule has 0 radical (unpaired) electrons. The van der Waals surface area contributed by atoms with Crippen LogP contribution in [0.15, 0.2) is 61.2 Å². The topological polar surface area (TPSA) is 101 Å². The molecule has 0 unspecified atom stereocenters. The van der Waals surface area contributed by atoms with Crippen LogP contribution in [0.5, 0.6) is 0 Å². The molecule has 1 heterocycles. The first kappa shape index (κ1) is 20.1. The maximum absolute atomic E-state index is 12.2. The van der Waals surface area contributed by atoms with E-state index >= 15 is 0 Å². The molecule has 0 spiro atoms. The monoisotopic (exact) mass is 392 g/mol. The summed E-state index contributed by atoms with van der Waals surface area (Å²) in [7, 11) is 0. The molecule has 1 atom stereocenters. The van der Waals surface area contributed by atoms with E-state index in [1.165, 1.54) is 13.3 Å². The Labute approximate surface area is 169 Å². The molecule has 0 aliphatic carbocycles. The maximum Gasteiger partial charge on any atom is 0.315 e. The average molecular weight is 392 g/mol. The molecule has 0 fully saturated rings. The minimum atomic E-state index is -0.255. The van der Waals surface area contributed by atoms with E-state index in [-0.39, 0.29) is 18.0 Å². The van der Waals surface area contributed by atoms with Crippen molar-refractivity contribution < 1.29 is 9.59 Å². The summed E-state index contributed by atoms with van der Waals surface area (Å²) in [6.45, 7) is 4.44. The van der Waals surface area contributed by atoms with Crippen LogP contribution < -0.4 is 16.0 Å². The molecular formula is C21H24N6O2. The Morgan fingerprint density at radius 3 is 2.55 bits per heavy atom. The molecule has 0 aliphatic heterocycles. The highest BCUT2D eigenvalue weighted by atomic mass is 16.2. The molecule has 0 bridgehead atoms. The Morgan fingerprint density at radius 1 is 1.10 bits per heavy atom. The number of benzene rings is 2. The predicted octanol–water partition coefficient (Wildman–Crippen LogP) is 2.85. The molecule has 8 nitrogen and oxygen atoms in total. The van der Waals surface area contributed by atoms with Gasteiger partial charge in [-0.2, -0.15) is 5.10 Å². The highest BCUT2D eigenvalue weighted by molar-refractivity contribution is 5.88. The summed E-state index contributed by atoms with van der Waals surface area (Å²) in [6, 6.07) is 14.9. The molecule has 1 aromatic heterocycles. The van der Waals surface area contributed by atoms with Gasteiger partial charge in [0.15, 0.2) is 0 Å². The first-order chi connectivity index (χ1) is 14.0. The fourth-order valence-electron chi connectivity index (χ4n) is 2.87. The summed E-state index contributed by atoms with van der Waals surface area (Å²) in [6.07, 6.45) is 3.18. The van der Waals surface area contributed by atoms with Crippen molar-refractivity contribution in [3.05, 3.63) is 77.9 Å². The summed E-state index contributed by atoms with van der Waals surface area (Å²) < 4.78 is 1.75. The van der Waals surface area contributed by atoms with Gasteiger partial charge in [-0.25, -0.2) is 14.5 Å². The normalized spacial score (nSPS) is 11.5. The molecule has 3 amide bonds. The third kappa shape index (κ3) is 6.17. The Kier molecular flexibility index (Phi) is 6.57. The van der Waals surface area contributed by atoms with Gasteiger partial charge in [0.25, 0.3) is 0 Å². The van der Waals surface area contributed by atoms with Gasteiger partial charge in [0.2, 0.25) is 5.91 Å². The van der Waals surface area contributed by atoms with Crippen LogP contribution in [0.25, 0.3) is 0 Å². The number of amides is 3. The summed E-state index contributed by atoms with van der Waals surface area (Å²) >= 11 is 0. The lowest BCUT2D eigenvalue weighted by molar-refractivity contribution is -0.114. The van der Waals surface area contributed by atoms with E-state index in [1.54, 1.807) is 11.0 Å². The Hall–Kier alpha value is -3.68. The van der Waals surface area contributed by atoms with Gasteiger partial charge in [0.1, 0.15) is 12.7 Å². The van der Waals surface area contributed by atoms with Gasteiger partial charge in [-0.05, 0) is 35.7 Å². The molecule has 150 valence electrons. The summed E-state index contributed by atoms with van der Waals surface area (Å²) in [5, 5.41) is 12.6. The smallest absolute Gasteiger partial charge is 0.315 e. The van der Waals surface area contributed by atoms with Crippen LogP contribution >= 0.6 is 0 Å². The van der Waals surface area contributed by atoms with Crippen LogP contribution in [0, 0.1) is 0 Å². The van der Waals surface area contributed by atoms with E-state index in [0.29, 0.717) is 18.8 Å². The molecule has 0 aliphatic rings. The quantitative estimate of drug-likeness (QED) is 0.575. The standard InChI is InChI=1S/C21H24N6O2/c1-15(19-4-3-5-20(10-19)26-16(2)28)25-21(29)23-11-17-6-8-18(9-7-17)12-27-14-22-13-24-27/h3-10,13-15H,11-12H2,1-2H3,(H,26,28)(H2,23,25,29)/t15-/m1/s1. The lowest BCUT2D eigenvalue weighted by atomic mass is 10.1. The second-order valence-electron chi connectivity index (χ2n) is 6.76. The fourth-order valence-corrected chi connectivity index (χ4v) is 2.87. The number of nitrogens with one attached hydrogen (secondary N) is 3. The fraction of sp³-hybridized carbons (Fsp3) is 0.238. The van der Waals surface area contributed by atoms with Crippen LogP contribution in [0.4, 0.5) is 10.5 Å². The van der Waals surface area contributed by atoms with Crippen molar-refractivity contribution in [2.45, 2.75) is 33.0 Å². The highest BCUT2D eigenvalue weighted by Gasteiger charge is 2.10. The average Bonchev–Trinajstić information content (AvgIpc) is 3.20. The van der Waals surface area contributed by atoms with Gasteiger partial charge in [0.05, 0.1) is 12.6 Å². The van der Waals surface area contributed by atoms with Crippen molar-refractivity contribution >= 4 is 17.6 Å². The van der Waals surface area contributed by atoms with Crippen LogP contribution in [0.2, 0.25) is 0 Å². The van der Waals surface area contributed by atoms with Crippen molar-refractivity contribution in [2.24, 2.45) is 0 Å². The number of rotatable bonds is 7. The van der Waals surface area contributed by atoms with Crippen molar-refractivity contribution in [1.82, 2.24) is 25.4 Å². The van der Waals surface area contributed by atoms with E-state index in [0.717, 1.165) is 16.7 Å². The van der Waals surface area contributed by atoms with Crippen LogP contribution in [0.3, 0.4) is 0 Å². The zero-order valence-electron chi connectivity index (χ0n) is 16.4. The lowest BCUT2D eigenvalue weighted by Crippen LogP contribution is -2.36. The second-order valence-corrected chi connectivity index (χ2v) is 6.76. The van der Waals surface area contributed by atoms with Crippen molar-refractivity contribution in [3.8, 4) is 0 Å². The van der Waals surface area contributed by atoms with Crippen molar-refractivity contribution in [1.29, 1.82) is 0 Å². The molecule has 29 heavy (non-hydrogen) atoms. The Morgan fingerprint density at radius 2 is 1.86 bits per heavy atom. The number of nitrogens with zero attached hydrogens (tertiary/aromatic N) is 3. The molecule has 3 N–H and O–H groups in total. The van der Waals surface area contributed by atoms with Gasteiger partial charge in [-0.3, -0.25) is 4.79 Å². The number of carbonyl (C=O) groups is 2. The molecule has 0 saturated heterocycles. The minimum absolute atomic E-state index is 0.132. The number of urea groups is 1. The van der Waals surface area contributed by atoms with Gasteiger partial charge in [-0.1, -0.05) is 36.4 Å². The van der Waals surface area contributed by atoms with E-state index in [9.17, 15) is 9.59 Å². The number of aromatic nitrogens is 3. The first-order valence-electron chi connectivity index (χ1n) is 9.32. The third-order valence-corrected chi connectivity index (χ3v) is 4.34. The van der Waals surface area contributed by atoms with Crippen LogP contribution in [-0.2, 0) is 17.9 Å². The number of hydrogen-bond donors (Lipinski definition) is 3. The van der Waals surface area contributed by atoms with Gasteiger partial charge >= 0.3 is 6.03 Å². The molecule has 0 saturated carbocycles. The zero-order valence-corrected chi connectivity index (χ0v) is 16.4. The molecule has 8 heteroatoms. The van der Waals surface area contributed by atoms with Gasteiger partial charge in [-0.15, -0.1) is 0 Å². The van der Waals surface area contributed by atoms with E-state index in [1.807, 2.05) is 55.5 Å². The summed E-state index contributed by atoms with van der Waals surface area (Å²) in [5.74, 6) is -0.132. The van der Waals surface area contributed by atoms with Crippen LogP contribution in [-0.4, -0.2) is 26.7 Å². The molecular weight excluding hydrogens is 368 g/mol. The Bertz CT molecular complexity index is 954. The highest BCUT2D eigenvalue weighted by Crippen LogP contribution is 2.17. The van der Waals surface area contributed by atoms with E-state index in [4.69, 9.17) is 0 Å². The van der Waals surface area contributed by atoms with E-state index in [2.05, 4.69) is 26.0 Å². The summed E-state index contributed by atoms with van der Waals surface area (Å²) in [4.78, 5) is 27.4. The zero-order chi connectivity index (χ0) is 20.6. The van der Waals surface area contributed by atoms with Crippen LogP contribution in [0.1, 0.15) is 36.6 Å². The minimum Gasteiger partial charge on any atom is -0.334 e. The molecule has 2 aromatic carbocycles.